The number of carbonyl (C=O) groups excluding carboxylic acids is 4. The van der Waals surface area contributed by atoms with Crippen LogP contribution < -0.4 is 5.32 Å². The molecule has 7 nitrogen and oxygen atoms in total. The van der Waals surface area contributed by atoms with Crippen molar-refractivity contribution in [2.45, 2.75) is 39.0 Å². The number of rotatable bonds is 6. The highest BCUT2D eigenvalue weighted by molar-refractivity contribution is 7.17. The zero-order valence-electron chi connectivity index (χ0n) is 18.8. The summed E-state index contributed by atoms with van der Waals surface area (Å²) in [4.78, 5) is 53.8. The second kappa shape index (κ2) is 9.02. The molecule has 3 aromatic rings. The molecule has 0 spiro atoms. The summed E-state index contributed by atoms with van der Waals surface area (Å²) in [5.74, 6) is -1.59. The maximum Gasteiger partial charge on any atom is 0.341 e. The van der Waals surface area contributed by atoms with Gasteiger partial charge in [0.05, 0.1) is 12.2 Å². The Morgan fingerprint density at radius 2 is 1.71 bits per heavy atom. The summed E-state index contributed by atoms with van der Waals surface area (Å²) in [6, 6.07) is 10.7. The summed E-state index contributed by atoms with van der Waals surface area (Å²) >= 11 is 1.41. The van der Waals surface area contributed by atoms with Gasteiger partial charge in [-0.1, -0.05) is 24.3 Å². The van der Waals surface area contributed by atoms with E-state index in [0.717, 1.165) is 46.4 Å². The number of hydrogen-bond donors (Lipinski definition) is 1. The lowest BCUT2D eigenvalue weighted by Crippen LogP contribution is -2.41. The predicted molar refractivity (Wildman–Crippen MR) is 129 cm³/mol. The molecule has 2 heterocycles. The number of imide groups is 1. The number of anilines is 1. The van der Waals surface area contributed by atoms with Crippen LogP contribution in [0.3, 0.4) is 0 Å². The smallest absolute Gasteiger partial charge is 0.341 e. The summed E-state index contributed by atoms with van der Waals surface area (Å²) in [5, 5.41) is 4.82. The average molecular weight is 477 g/mol. The van der Waals surface area contributed by atoms with Gasteiger partial charge in [-0.25, -0.2) is 4.79 Å². The molecule has 5 rings (SSSR count). The molecular weight excluding hydrogens is 452 g/mol. The molecule has 174 valence electrons. The molecule has 1 aliphatic carbocycles. The SMILES string of the molecule is CCOC(=O)c1c(NC(=O)CCN2C(=O)c3cccc4cccc(c34)C2=O)sc2c1CCCC2. The highest BCUT2D eigenvalue weighted by atomic mass is 32.1. The van der Waals surface area contributed by atoms with Crippen molar-refractivity contribution in [3.63, 3.8) is 0 Å². The molecule has 1 aromatic heterocycles. The van der Waals surface area contributed by atoms with Gasteiger partial charge in [0.15, 0.2) is 0 Å². The number of thiophene rings is 1. The van der Waals surface area contributed by atoms with E-state index in [9.17, 15) is 19.2 Å². The molecule has 0 atom stereocenters. The number of esters is 1. The Hall–Kier alpha value is -3.52. The zero-order valence-corrected chi connectivity index (χ0v) is 19.6. The van der Waals surface area contributed by atoms with Crippen molar-refractivity contribution in [1.29, 1.82) is 0 Å². The highest BCUT2D eigenvalue weighted by Gasteiger charge is 2.33. The van der Waals surface area contributed by atoms with E-state index in [2.05, 4.69) is 5.32 Å². The molecule has 2 aliphatic rings. The van der Waals surface area contributed by atoms with Crippen LogP contribution in [0.1, 0.15) is 67.7 Å². The van der Waals surface area contributed by atoms with Gasteiger partial charge in [0, 0.05) is 34.4 Å². The second-order valence-electron chi connectivity index (χ2n) is 8.40. The topological polar surface area (TPSA) is 92.8 Å². The van der Waals surface area contributed by atoms with Gasteiger partial charge >= 0.3 is 5.97 Å². The lowest BCUT2D eigenvalue weighted by molar-refractivity contribution is -0.116. The fraction of sp³-hybridized carbons (Fsp3) is 0.308. The van der Waals surface area contributed by atoms with Crippen molar-refractivity contribution in [1.82, 2.24) is 4.90 Å². The zero-order chi connectivity index (χ0) is 23.8. The van der Waals surface area contributed by atoms with E-state index in [-0.39, 0.29) is 25.5 Å². The third kappa shape index (κ3) is 3.77. The molecule has 2 aromatic carbocycles. The predicted octanol–water partition coefficient (Wildman–Crippen LogP) is 4.58. The summed E-state index contributed by atoms with van der Waals surface area (Å²) in [6.07, 6.45) is 3.65. The van der Waals surface area contributed by atoms with Gasteiger partial charge in [-0.05, 0) is 55.7 Å². The fourth-order valence-electron chi connectivity index (χ4n) is 4.76. The maximum atomic E-state index is 13.0. The number of nitrogens with one attached hydrogen (secondary N) is 1. The van der Waals surface area contributed by atoms with E-state index >= 15 is 0 Å². The van der Waals surface area contributed by atoms with E-state index < -0.39 is 17.8 Å². The Kier molecular flexibility index (Phi) is 5.91. The molecule has 0 radical (unpaired) electrons. The van der Waals surface area contributed by atoms with E-state index in [4.69, 9.17) is 4.74 Å². The summed E-state index contributed by atoms with van der Waals surface area (Å²) in [7, 11) is 0. The van der Waals surface area contributed by atoms with Crippen molar-refractivity contribution in [3.8, 4) is 0 Å². The number of amides is 3. The average Bonchev–Trinajstić information content (AvgIpc) is 3.20. The monoisotopic (exact) mass is 476 g/mol. The van der Waals surface area contributed by atoms with Gasteiger partial charge in [0.25, 0.3) is 11.8 Å². The van der Waals surface area contributed by atoms with Gasteiger partial charge in [0.2, 0.25) is 5.91 Å². The standard InChI is InChI=1S/C26H24N2O5S/c1-2-33-26(32)22-16-9-3-4-12-19(16)34-23(22)27-20(29)13-14-28-24(30)17-10-5-7-15-8-6-11-18(21(15)17)25(28)31/h5-8,10-11H,2-4,9,12-14H2,1H3,(H,27,29). The Bertz CT molecular complexity index is 1290. The Morgan fingerprint density at radius 1 is 1.03 bits per heavy atom. The van der Waals surface area contributed by atoms with Crippen molar-refractivity contribution in [3.05, 3.63) is 63.5 Å². The first-order chi connectivity index (χ1) is 16.5. The van der Waals surface area contributed by atoms with Crippen LogP contribution in [0, 0.1) is 0 Å². The Morgan fingerprint density at radius 3 is 2.38 bits per heavy atom. The van der Waals surface area contributed by atoms with Crippen molar-refractivity contribution < 1.29 is 23.9 Å². The number of aryl methyl sites for hydroxylation is 1. The molecule has 1 N–H and O–H groups in total. The molecule has 1 aliphatic heterocycles. The summed E-state index contributed by atoms with van der Waals surface area (Å²) in [6.45, 7) is 1.96. The minimum absolute atomic E-state index is 0.0476. The number of fused-ring (bicyclic) bond motifs is 1. The van der Waals surface area contributed by atoms with E-state index in [1.807, 2.05) is 12.1 Å². The van der Waals surface area contributed by atoms with Gasteiger partial charge in [-0.2, -0.15) is 0 Å². The van der Waals surface area contributed by atoms with Crippen molar-refractivity contribution in [2.24, 2.45) is 0 Å². The van der Waals surface area contributed by atoms with Crippen LogP contribution in [0.5, 0.6) is 0 Å². The first-order valence-electron chi connectivity index (χ1n) is 11.5. The molecule has 0 saturated heterocycles. The van der Waals surface area contributed by atoms with Gasteiger partial charge in [-0.15, -0.1) is 11.3 Å². The Balaban J connectivity index is 1.34. The quantitative estimate of drug-likeness (QED) is 0.415. The minimum atomic E-state index is -0.428. The van der Waals surface area contributed by atoms with E-state index in [0.29, 0.717) is 27.1 Å². The molecule has 8 heteroatoms. The van der Waals surface area contributed by atoms with E-state index in [1.165, 1.54) is 11.3 Å². The molecule has 34 heavy (non-hydrogen) atoms. The summed E-state index contributed by atoms with van der Waals surface area (Å²) in [5.41, 5.74) is 2.34. The number of nitrogens with zero attached hydrogens (tertiary/aromatic N) is 1. The van der Waals surface area contributed by atoms with Crippen LogP contribution in [0.25, 0.3) is 10.8 Å². The summed E-state index contributed by atoms with van der Waals surface area (Å²) < 4.78 is 5.24. The molecular formula is C26H24N2O5S. The van der Waals surface area contributed by atoms with Gasteiger partial charge < -0.3 is 10.1 Å². The van der Waals surface area contributed by atoms with Crippen LogP contribution in [0.15, 0.2) is 36.4 Å². The number of benzene rings is 2. The molecule has 0 unspecified atom stereocenters. The van der Waals surface area contributed by atoms with Crippen LogP contribution in [-0.2, 0) is 22.4 Å². The number of ether oxygens (including phenoxy) is 1. The first-order valence-corrected chi connectivity index (χ1v) is 12.3. The normalized spacial score (nSPS) is 14.8. The maximum absolute atomic E-state index is 13.0. The third-order valence-corrected chi connectivity index (χ3v) is 7.53. The molecule has 0 bridgehead atoms. The van der Waals surface area contributed by atoms with Gasteiger partial charge in [-0.3, -0.25) is 19.3 Å². The molecule has 3 amide bonds. The first kappa shape index (κ1) is 22.3. The van der Waals surface area contributed by atoms with Crippen LogP contribution in [-0.4, -0.2) is 41.7 Å². The van der Waals surface area contributed by atoms with Crippen molar-refractivity contribution >= 4 is 50.8 Å². The lowest BCUT2D eigenvalue weighted by atomic mass is 9.94. The van der Waals surface area contributed by atoms with Crippen LogP contribution in [0.2, 0.25) is 0 Å². The minimum Gasteiger partial charge on any atom is -0.462 e. The van der Waals surface area contributed by atoms with Gasteiger partial charge in [0.1, 0.15) is 5.00 Å². The fourth-order valence-corrected chi connectivity index (χ4v) is 6.05. The third-order valence-electron chi connectivity index (χ3n) is 6.32. The molecule has 0 saturated carbocycles. The Labute approximate surface area is 200 Å². The highest BCUT2D eigenvalue weighted by Crippen LogP contribution is 2.38. The largest absolute Gasteiger partial charge is 0.462 e. The number of hydrogen-bond acceptors (Lipinski definition) is 6. The van der Waals surface area contributed by atoms with Crippen LogP contribution in [0.4, 0.5) is 5.00 Å². The van der Waals surface area contributed by atoms with Crippen molar-refractivity contribution in [2.75, 3.05) is 18.5 Å². The van der Waals surface area contributed by atoms with Crippen LogP contribution >= 0.6 is 11.3 Å². The lowest BCUT2D eigenvalue weighted by Gasteiger charge is -2.27. The second-order valence-corrected chi connectivity index (χ2v) is 9.51. The van der Waals surface area contributed by atoms with E-state index in [1.54, 1.807) is 31.2 Å². The molecule has 0 fully saturated rings. The number of carbonyl (C=O) groups is 4.